The van der Waals surface area contributed by atoms with Crippen LogP contribution in [0.3, 0.4) is 0 Å². The average molecular weight is 482 g/mol. The normalized spacial score (nSPS) is 14.2. The molecule has 3 aromatic rings. The first-order valence-corrected chi connectivity index (χ1v) is 12.2. The minimum Gasteiger partial charge on any atom is -0.484 e. The van der Waals surface area contributed by atoms with Gasteiger partial charge < -0.3 is 15.0 Å². The number of hydrogen-bond acceptors (Lipinski definition) is 5. The van der Waals surface area contributed by atoms with Gasteiger partial charge in [-0.1, -0.05) is 12.1 Å². The molecule has 6 nitrogen and oxygen atoms in total. The number of carbonyl (C=O) groups excluding carboxylic acids is 2. The Balaban J connectivity index is 1.27. The first-order valence-electron chi connectivity index (χ1n) is 11.3. The molecule has 1 fully saturated rings. The fourth-order valence-electron chi connectivity index (χ4n) is 3.86. The quantitative estimate of drug-likeness (QED) is 0.522. The van der Waals surface area contributed by atoms with Gasteiger partial charge in [-0.2, -0.15) is 0 Å². The smallest absolute Gasteiger partial charge is 0.275 e. The summed E-state index contributed by atoms with van der Waals surface area (Å²) >= 11 is 1.45. The van der Waals surface area contributed by atoms with Crippen LogP contribution < -0.4 is 10.1 Å². The van der Waals surface area contributed by atoms with Crippen LogP contribution in [0, 0.1) is 26.6 Å². The number of likely N-dealkylation sites (tertiary alicyclic amines) is 1. The fourth-order valence-corrected chi connectivity index (χ4v) is 4.83. The number of benzene rings is 2. The van der Waals surface area contributed by atoms with Crippen molar-refractivity contribution in [2.75, 3.05) is 25.0 Å². The van der Waals surface area contributed by atoms with Crippen molar-refractivity contribution in [3.8, 4) is 5.75 Å². The Bertz CT molecular complexity index is 1200. The van der Waals surface area contributed by atoms with Gasteiger partial charge in [-0.25, -0.2) is 9.37 Å². The van der Waals surface area contributed by atoms with Gasteiger partial charge in [-0.3, -0.25) is 9.59 Å². The van der Waals surface area contributed by atoms with E-state index in [-0.39, 0.29) is 30.2 Å². The molecule has 0 bridgehead atoms. The monoisotopic (exact) mass is 481 g/mol. The van der Waals surface area contributed by atoms with Crippen molar-refractivity contribution in [1.29, 1.82) is 0 Å². The second kappa shape index (κ2) is 10.3. The number of ether oxygens (including phenoxy) is 1. The van der Waals surface area contributed by atoms with Gasteiger partial charge in [-0.15, -0.1) is 11.3 Å². The number of piperidine rings is 1. The molecule has 1 aromatic heterocycles. The van der Waals surface area contributed by atoms with E-state index in [1.807, 2.05) is 36.9 Å². The highest BCUT2D eigenvalue weighted by Crippen LogP contribution is 2.30. The molecule has 2 amide bonds. The van der Waals surface area contributed by atoms with Crippen molar-refractivity contribution in [1.82, 2.24) is 9.88 Å². The van der Waals surface area contributed by atoms with Crippen LogP contribution in [0.1, 0.15) is 50.9 Å². The summed E-state index contributed by atoms with van der Waals surface area (Å²) in [7, 11) is 0. The molecule has 34 heavy (non-hydrogen) atoms. The Morgan fingerprint density at radius 3 is 2.53 bits per heavy atom. The first kappa shape index (κ1) is 23.9. The maximum absolute atomic E-state index is 13.7. The number of halogens is 1. The Kier molecular flexibility index (Phi) is 7.26. The lowest BCUT2D eigenvalue weighted by Gasteiger charge is -2.31. The molecule has 0 radical (unpaired) electrons. The topological polar surface area (TPSA) is 71.5 Å². The molecule has 0 aliphatic carbocycles. The molecular formula is C26H28FN3O3S. The SMILES string of the molecule is Cc1ccc(OCC(=O)N2CCC(c3nc(C(=O)Nc4ccc(C)c(F)c4)cs3)CC2)cc1C. The summed E-state index contributed by atoms with van der Waals surface area (Å²) in [5.74, 6) is 0.155. The highest BCUT2D eigenvalue weighted by Gasteiger charge is 2.26. The highest BCUT2D eigenvalue weighted by atomic mass is 32.1. The van der Waals surface area contributed by atoms with E-state index in [9.17, 15) is 14.0 Å². The number of amides is 2. The number of hydrogen-bond donors (Lipinski definition) is 1. The van der Waals surface area contributed by atoms with E-state index in [4.69, 9.17) is 4.74 Å². The van der Waals surface area contributed by atoms with Crippen LogP contribution in [-0.4, -0.2) is 41.4 Å². The van der Waals surface area contributed by atoms with E-state index < -0.39 is 0 Å². The minimum atomic E-state index is -0.363. The van der Waals surface area contributed by atoms with E-state index >= 15 is 0 Å². The second-order valence-electron chi connectivity index (χ2n) is 8.68. The van der Waals surface area contributed by atoms with Crippen molar-refractivity contribution >= 4 is 28.8 Å². The molecule has 0 unspecified atom stereocenters. The summed E-state index contributed by atoms with van der Waals surface area (Å²) in [6.07, 6.45) is 1.57. The summed E-state index contributed by atoms with van der Waals surface area (Å²) in [5, 5.41) is 5.31. The molecule has 1 aliphatic rings. The van der Waals surface area contributed by atoms with Crippen molar-refractivity contribution in [3.63, 3.8) is 0 Å². The fraction of sp³-hybridized carbons (Fsp3) is 0.346. The Morgan fingerprint density at radius 1 is 1.09 bits per heavy atom. The third-order valence-corrected chi connectivity index (χ3v) is 7.23. The average Bonchev–Trinajstić information content (AvgIpc) is 3.33. The van der Waals surface area contributed by atoms with Crippen LogP contribution in [0.4, 0.5) is 10.1 Å². The van der Waals surface area contributed by atoms with Gasteiger partial charge in [0.15, 0.2) is 6.61 Å². The lowest BCUT2D eigenvalue weighted by atomic mass is 9.97. The van der Waals surface area contributed by atoms with E-state index in [0.717, 1.165) is 23.4 Å². The summed E-state index contributed by atoms with van der Waals surface area (Å²) in [6, 6.07) is 10.4. The highest BCUT2D eigenvalue weighted by molar-refractivity contribution is 7.10. The molecule has 178 valence electrons. The van der Waals surface area contributed by atoms with Crippen LogP contribution in [0.15, 0.2) is 41.8 Å². The zero-order chi connectivity index (χ0) is 24.2. The number of carbonyl (C=O) groups is 2. The van der Waals surface area contributed by atoms with Gasteiger partial charge in [0.2, 0.25) is 0 Å². The molecule has 4 rings (SSSR count). The number of anilines is 1. The molecule has 0 spiro atoms. The first-order chi connectivity index (χ1) is 16.3. The lowest BCUT2D eigenvalue weighted by molar-refractivity contribution is -0.134. The lowest BCUT2D eigenvalue weighted by Crippen LogP contribution is -2.40. The van der Waals surface area contributed by atoms with Gasteiger partial charge in [0.1, 0.15) is 17.3 Å². The number of nitrogens with zero attached hydrogens (tertiary/aromatic N) is 2. The van der Waals surface area contributed by atoms with E-state index in [1.54, 1.807) is 24.4 Å². The molecule has 2 aromatic carbocycles. The summed E-state index contributed by atoms with van der Waals surface area (Å²) in [6.45, 7) is 7.01. The second-order valence-corrected chi connectivity index (χ2v) is 9.57. The minimum absolute atomic E-state index is 0.0222. The van der Waals surface area contributed by atoms with Crippen LogP contribution in [0.25, 0.3) is 0 Å². The predicted molar refractivity (Wildman–Crippen MR) is 131 cm³/mol. The maximum atomic E-state index is 13.7. The number of aryl methyl sites for hydroxylation is 3. The Morgan fingerprint density at radius 2 is 1.82 bits per heavy atom. The Hall–Kier alpha value is -3.26. The van der Waals surface area contributed by atoms with Crippen molar-refractivity contribution in [2.24, 2.45) is 0 Å². The van der Waals surface area contributed by atoms with Gasteiger partial charge in [0, 0.05) is 30.1 Å². The van der Waals surface area contributed by atoms with E-state index in [0.29, 0.717) is 35.8 Å². The standard InChI is InChI=1S/C26H28FN3O3S/c1-16-5-7-21(12-18(16)3)33-14-24(31)30-10-8-19(9-11-30)26-29-23(15-34-26)25(32)28-20-6-4-17(2)22(27)13-20/h4-7,12-13,15,19H,8-11,14H2,1-3H3,(H,28,32). The number of aromatic nitrogens is 1. The van der Waals surface area contributed by atoms with Crippen LogP contribution in [0.2, 0.25) is 0 Å². The van der Waals surface area contributed by atoms with Crippen molar-refractivity contribution in [2.45, 2.75) is 39.5 Å². The molecule has 1 saturated heterocycles. The number of rotatable bonds is 6. The summed E-state index contributed by atoms with van der Waals surface area (Å²) < 4.78 is 19.4. The van der Waals surface area contributed by atoms with Crippen LogP contribution in [-0.2, 0) is 4.79 Å². The number of thiazole rings is 1. The van der Waals surface area contributed by atoms with Crippen molar-refractivity contribution in [3.05, 3.63) is 75.0 Å². The summed E-state index contributed by atoms with van der Waals surface area (Å²) in [5.41, 5.74) is 3.57. The molecule has 1 N–H and O–H groups in total. The van der Waals surface area contributed by atoms with Crippen LogP contribution in [0.5, 0.6) is 5.75 Å². The summed E-state index contributed by atoms with van der Waals surface area (Å²) in [4.78, 5) is 31.4. The Labute approximate surface area is 202 Å². The predicted octanol–water partition coefficient (Wildman–Crippen LogP) is 5.24. The molecule has 8 heteroatoms. The van der Waals surface area contributed by atoms with Crippen LogP contribution >= 0.6 is 11.3 Å². The largest absolute Gasteiger partial charge is 0.484 e. The van der Waals surface area contributed by atoms with Gasteiger partial charge in [-0.05, 0) is 74.6 Å². The van der Waals surface area contributed by atoms with Gasteiger partial charge in [0.25, 0.3) is 11.8 Å². The zero-order valence-electron chi connectivity index (χ0n) is 19.6. The van der Waals surface area contributed by atoms with Gasteiger partial charge >= 0.3 is 0 Å². The number of nitrogens with one attached hydrogen (secondary N) is 1. The molecule has 0 saturated carbocycles. The van der Waals surface area contributed by atoms with Crippen molar-refractivity contribution < 1.29 is 18.7 Å². The maximum Gasteiger partial charge on any atom is 0.275 e. The zero-order valence-corrected chi connectivity index (χ0v) is 20.4. The molecule has 0 atom stereocenters. The van der Waals surface area contributed by atoms with E-state index in [2.05, 4.69) is 10.3 Å². The third-order valence-electron chi connectivity index (χ3n) is 6.22. The molecule has 2 heterocycles. The van der Waals surface area contributed by atoms with E-state index in [1.165, 1.54) is 23.0 Å². The molecule has 1 aliphatic heterocycles. The third kappa shape index (κ3) is 5.62. The molecular weight excluding hydrogens is 453 g/mol. The van der Waals surface area contributed by atoms with Gasteiger partial charge in [0.05, 0.1) is 5.01 Å².